The first-order valence-electron chi connectivity index (χ1n) is 5.92. The van der Waals surface area contributed by atoms with Crippen molar-refractivity contribution in [2.24, 2.45) is 0 Å². The van der Waals surface area contributed by atoms with Gasteiger partial charge in [0.25, 0.3) is 0 Å². The molecule has 1 aliphatic rings. The van der Waals surface area contributed by atoms with Gasteiger partial charge in [-0.25, -0.2) is 0 Å². The predicted octanol–water partition coefficient (Wildman–Crippen LogP) is 4.07. The van der Waals surface area contributed by atoms with Crippen molar-refractivity contribution in [3.8, 4) is 0 Å². The van der Waals surface area contributed by atoms with Gasteiger partial charge < -0.3 is 4.90 Å². The molecule has 0 bridgehead atoms. The van der Waals surface area contributed by atoms with E-state index in [1.807, 2.05) is 0 Å². The molecule has 0 heterocycles. The van der Waals surface area contributed by atoms with Gasteiger partial charge in [0.1, 0.15) is 6.54 Å². The summed E-state index contributed by atoms with van der Waals surface area (Å²) in [5.41, 5.74) is 0.739. The van der Waals surface area contributed by atoms with E-state index in [-0.39, 0.29) is 16.8 Å². The van der Waals surface area contributed by atoms with E-state index in [1.54, 1.807) is 0 Å². The Morgan fingerprint density at radius 3 is 2.47 bits per heavy atom. The number of benzene rings is 1. The van der Waals surface area contributed by atoms with Gasteiger partial charge in [-0.2, -0.15) is 13.2 Å². The average Bonchev–Trinajstić information content (AvgIpc) is 3.07. The number of carbonyl (C=O) groups is 1. The number of halogens is 4. The maximum atomic E-state index is 12.6. The number of hydrogen-bond acceptors (Lipinski definition) is 2. The summed E-state index contributed by atoms with van der Waals surface area (Å²) in [6.07, 6.45) is -2.75. The number of nitrogens with zero attached hydrogens (tertiary/aromatic N) is 1. The molecule has 0 aliphatic heterocycles. The Balaban J connectivity index is 2.27. The van der Waals surface area contributed by atoms with E-state index in [2.05, 4.69) is 0 Å². The van der Waals surface area contributed by atoms with E-state index in [0.29, 0.717) is 11.3 Å². The Morgan fingerprint density at radius 1 is 1.42 bits per heavy atom. The zero-order valence-corrected chi connectivity index (χ0v) is 11.1. The summed E-state index contributed by atoms with van der Waals surface area (Å²) < 4.78 is 37.7. The first-order chi connectivity index (χ1) is 8.78. The largest absolute Gasteiger partial charge is 0.405 e. The Morgan fingerprint density at radius 2 is 2.05 bits per heavy atom. The second kappa shape index (κ2) is 5.04. The van der Waals surface area contributed by atoms with Gasteiger partial charge in [0.15, 0.2) is 5.78 Å². The predicted molar refractivity (Wildman–Crippen MR) is 67.9 cm³/mol. The van der Waals surface area contributed by atoms with E-state index >= 15 is 0 Å². The van der Waals surface area contributed by atoms with Crippen LogP contribution in [-0.4, -0.2) is 24.5 Å². The monoisotopic (exact) mass is 291 g/mol. The summed E-state index contributed by atoms with van der Waals surface area (Å²) >= 11 is 5.94. The van der Waals surface area contributed by atoms with E-state index in [1.165, 1.54) is 30.0 Å². The van der Waals surface area contributed by atoms with Crippen LogP contribution in [0.15, 0.2) is 18.2 Å². The molecule has 0 atom stereocenters. The first kappa shape index (κ1) is 14.2. The SMILES string of the molecule is CC(=O)c1ccc(N(CC(F)(F)F)C2CC2)cc1Cl. The number of carbonyl (C=O) groups excluding carboxylic acids is 1. The molecule has 0 radical (unpaired) electrons. The van der Waals surface area contributed by atoms with Crippen molar-refractivity contribution in [3.63, 3.8) is 0 Å². The van der Waals surface area contributed by atoms with Crippen LogP contribution in [-0.2, 0) is 0 Å². The molecule has 2 nitrogen and oxygen atoms in total. The Hall–Kier alpha value is -1.23. The highest BCUT2D eigenvalue weighted by atomic mass is 35.5. The number of anilines is 1. The summed E-state index contributed by atoms with van der Waals surface area (Å²) in [5, 5.41) is 0.192. The fourth-order valence-electron chi connectivity index (χ4n) is 1.98. The van der Waals surface area contributed by atoms with Gasteiger partial charge in [-0.3, -0.25) is 4.79 Å². The molecule has 2 rings (SSSR count). The van der Waals surface area contributed by atoms with Gasteiger partial charge in [0.2, 0.25) is 0 Å². The van der Waals surface area contributed by atoms with E-state index < -0.39 is 12.7 Å². The topological polar surface area (TPSA) is 20.3 Å². The number of alkyl halides is 3. The fraction of sp³-hybridized carbons (Fsp3) is 0.462. The molecule has 6 heteroatoms. The van der Waals surface area contributed by atoms with Crippen molar-refractivity contribution in [3.05, 3.63) is 28.8 Å². The molecular formula is C13H13ClF3NO. The highest BCUT2D eigenvalue weighted by Crippen LogP contribution is 2.36. The van der Waals surface area contributed by atoms with E-state index in [0.717, 1.165) is 12.8 Å². The van der Waals surface area contributed by atoms with Gasteiger partial charge >= 0.3 is 6.18 Å². The van der Waals surface area contributed by atoms with Crippen molar-refractivity contribution < 1.29 is 18.0 Å². The maximum absolute atomic E-state index is 12.6. The standard InChI is InChI=1S/C13H13ClF3NO/c1-8(19)11-5-4-10(6-12(11)14)18(9-2-3-9)7-13(15,16)17/h4-6,9H,2-3,7H2,1H3. The third-order valence-electron chi connectivity index (χ3n) is 3.00. The van der Waals surface area contributed by atoms with Crippen molar-refractivity contribution in [1.29, 1.82) is 0 Å². The minimum Gasteiger partial charge on any atom is -0.359 e. The first-order valence-corrected chi connectivity index (χ1v) is 6.29. The van der Waals surface area contributed by atoms with Crippen molar-refractivity contribution in [2.75, 3.05) is 11.4 Å². The summed E-state index contributed by atoms with van der Waals surface area (Å²) in [6.45, 7) is 0.378. The molecule has 0 unspecified atom stereocenters. The van der Waals surface area contributed by atoms with Crippen molar-refractivity contribution in [1.82, 2.24) is 0 Å². The van der Waals surface area contributed by atoms with Crippen LogP contribution in [0.5, 0.6) is 0 Å². The third-order valence-corrected chi connectivity index (χ3v) is 3.31. The zero-order chi connectivity index (χ0) is 14.2. The van der Waals surface area contributed by atoms with Crippen LogP contribution in [0.3, 0.4) is 0 Å². The zero-order valence-electron chi connectivity index (χ0n) is 10.3. The van der Waals surface area contributed by atoms with Gasteiger partial charge in [-0.1, -0.05) is 11.6 Å². The second-order valence-corrected chi connectivity index (χ2v) is 5.10. The minimum atomic E-state index is -4.26. The maximum Gasteiger partial charge on any atom is 0.405 e. The van der Waals surface area contributed by atoms with Gasteiger partial charge in [-0.15, -0.1) is 0 Å². The number of ketones is 1. The molecule has 1 aliphatic carbocycles. The number of hydrogen-bond donors (Lipinski definition) is 0. The number of rotatable bonds is 4. The Labute approximate surface area is 114 Å². The quantitative estimate of drug-likeness (QED) is 0.779. The van der Waals surface area contributed by atoms with Crippen LogP contribution >= 0.6 is 11.6 Å². The van der Waals surface area contributed by atoms with Crippen LogP contribution in [0.2, 0.25) is 5.02 Å². The second-order valence-electron chi connectivity index (χ2n) is 4.69. The number of Topliss-reactive ketones (excluding diaryl/α,β-unsaturated/α-hetero) is 1. The van der Waals surface area contributed by atoms with Crippen LogP contribution in [0, 0.1) is 0 Å². The molecule has 1 aromatic rings. The molecule has 1 aromatic carbocycles. The highest BCUT2D eigenvalue weighted by molar-refractivity contribution is 6.34. The molecule has 0 saturated heterocycles. The molecule has 0 amide bonds. The fourth-order valence-corrected chi connectivity index (χ4v) is 2.29. The lowest BCUT2D eigenvalue weighted by Crippen LogP contribution is -2.36. The molecule has 1 fully saturated rings. The lowest BCUT2D eigenvalue weighted by molar-refractivity contribution is -0.120. The Kier molecular flexibility index (Phi) is 3.76. The molecular weight excluding hydrogens is 279 g/mol. The molecule has 0 N–H and O–H groups in total. The molecule has 1 saturated carbocycles. The van der Waals surface area contributed by atoms with Crippen LogP contribution in [0.4, 0.5) is 18.9 Å². The molecule has 104 valence electrons. The van der Waals surface area contributed by atoms with E-state index in [4.69, 9.17) is 11.6 Å². The van der Waals surface area contributed by atoms with Gasteiger partial charge in [0, 0.05) is 17.3 Å². The van der Waals surface area contributed by atoms with Gasteiger partial charge in [0.05, 0.1) is 5.02 Å². The van der Waals surface area contributed by atoms with Crippen molar-refractivity contribution >= 4 is 23.1 Å². The summed E-state index contributed by atoms with van der Waals surface area (Å²) in [6, 6.07) is 4.35. The summed E-state index contributed by atoms with van der Waals surface area (Å²) in [4.78, 5) is 12.5. The minimum absolute atomic E-state index is 0.0825. The lowest BCUT2D eigenvalue weighted by atomic mass is 10.1. The van der Waals surface area contributed by atoms with E-state index in [9.17, 15) is 18.0 Å². The lowest BCUT2D eigenvalue weighted by Gasteiger charge is -2.26. The van der Waals surface area contributed by atoms with Crippen molar-refractivity contribution in [2.45, 2.75) is 32.0 Å². The van der Waals surface area contributed by atoms with Crippen LogP contribution in [0.1, 0.15) is 30.1 Å². The molecule has 0 spiro atoms. The van der Waals surface area contributed by atoms with Crippen LogP contribution < -0.4 is 4.90 Å². The molecule has 19 heavy (non-hydrogen) atoms. The molecule has 0 aromatic heterocycles. The highest BCUT2D eigenvalue weighted by Gasteiger charge is 2.38. The van der Waals surface area contributed by atoms with Crippen LogP contribution in [0.25, 0.3) is 0 Å². The Bertz CT molecular complexity index is 497. The smallest absolute Gasteiger partial charge is 0.359 e. The summed E-state index contributed by atoms with van der Waals surface area (Å²) in [7, 11) is 0. The normalized spacial score (nSPS) is 15.4. The summed E-state index contributed by atoms with van der Waals surface area (Å²) in [5.74, 6) is -0.203. The third kappa shape index (κ3) is 3.62. The average molecular weight is 292 g/mol. The van der Waals surface area contributed by atoms with Gasteiger partial charge in [-0.05, 0) is 38.0 Å².